The van der Waals surface area contributed by atoms with Gasteiger partial charge in [0.2, 0.25) is 0 Å². The maximum atomic E-state index is 13.0. The van der Waals surface area contributed by atoms with E-state index in [1.54, 1.807) is 0 Å². The number of benzene rings is 1. The van der Waals surface area contributed by atoms with E-state index in [0.29, 0.717) is 0 Å². The van der Waals surface area contributed by atoms with Gasteiger partial charge in [-0.25, -0.2) is 4.39 Å². The topological polar surface area (TPSA) is 32.5 Å². The summed E-state index contributed by atoms with van der Waals surface area (Å²) in [6, 6.07) is 6.78. The lowest BCUT2D eigenvalue weighted by molar-refractivity contribution is 0.109. The lowest BCUT2D eigenvalue weighted by atomic mass is 9.75. The van der Waals surface area contributed by atoms with Crippen molar-refractivity contribution in [1.29, 1.82) is 0 Å². The minimum atomic E-state index is -0.193. The normalized spacial score (nSPS) is 18.1. The second-order valence-corrected chi connectivity index (χ2v) is 7.35. The van der Waals surface area contributed by atoms with Gasteiger partial charge in [0, 0.05) is 44.0 Å². The second kappa shape index (κ2) is 5.93. The predicted molar refractivity (Wildman–Crippen MR) is 87.1 cm³/mol. The molecule has 0 atom stereocenters. The quantitative estimate of drug-likeness (QED) is 0.926. The molecule has 1 fully saturated rings. The van der Waals surface area contributed by atoms with Crippen LogP contribution in [0.15, 0.2) is 24.3 Å². The summed E-state index contributed by atoms with van der Waals surface area (Å²) >= 11 is 0. The average molecular weight is 293 g/mol. The molecule has 21 heavy (non-hydrogen) atoms. The van der Waals surface area contributed by atoms with Gasteiger partial charge >= 0.3 is 0 Å². The molecule has 1 aliphatic heterocycles. The van der Waals surface area contributed by atoms with Crippen LogP contribution in [0.3, 0.4) is 0 Å². The predicted octanol–water partition coefficient (Wildman–Crippen LogP) is 2.71. The summed E-state index contributed by atoms with van der Waals surface area (Å²) in [6.45, 7) is 13.7. The van der Waals surface area contributed by atoms with E-state index in [4.69, 9.17) is 5.73 Å². The zero-order valence-electron chi connectivity index (χ0n) is 13.7. The highest BCUT2D eigenvalue weighted by atomic mass is 19.1. The van der Waals surface area contributed by atoms with E-state index in [2.05, 4.69) is 37.5 Å². The number of nitrogens with zero attached hydrogens (tertiary/aromatic N) is 2. The lowest BCUT2D eigenvalue weighted by Gasteiger charge is -2.45. The van der Waals surface area contributed by atoms with Crippen molar-refractivity contribution in [3.05, 3.63) is 30.1 Å². The highest BCUT2D eigenvalue weighted by molar-refractivity contribution is 5.46. The van der Waals surface area contributed by atoms with Gasteiger partial charge in [-0.3, -0.25) is 4.90 Å². The van der Waals surface area contributed by atoms with Crippen molar-refractivity contribution >= 4 is 5.69 Å². The maximum absolute atomic E-state index is 13.0. The Morgan fingerprint density at radius 3 is 2.00 bits per heavy atom. The molecular formula is C17H28FN3. The molecule has 0 radical (unpaired) electrons. The van der Waals surface area contributed by atoms with Crippen LogP contribution in [0, 0.1) is 11.2 Å². The van der Waals surface area contributed by atoms with Crippen LogP contribution < -0.4 is 10.6 Å². The van der Waals surface area contributed by atoms with Gasteiger partial charge in [-0.2, -0.15) is 0 Å². The molecular weight excluding hydrogens is 265 g/mol. The summed E-state index contributed by atoms with van der Waals surface area (Å²) in [7, 11) is 0. The highest BCUT2D eigenvalue weighted by Gasteiger charge is 2.35. The Morgan fingerprint density at radius 2 is 1.52 bits per heavy atom. The number of anilines is 1. The molecule has 1 saturated heterocycles. The first-order valence-corrected chi connectivity index (χ1v) is 7.71. The molecule has 1 aliphatic rings. The summed E-state index contributed by atoms with van der Waals surface area (Å²) in [5.74, 6) is -0.177. The number of hydrogen-bond donors (Lipinski definition) is 1. The van der Waals surface area contributed by atoms with Crippen molar-refractivity contribution in [3.8, 4) is 0 Å². The molecule has 0 saturated carbocycles. The van der Waals surface area contributed by atoms with Crippen molar-refractivity contribution in [1.82, 2.24) is 4.90 Å². The van der Waals surface area contributed by atoms with Gasteiger partial charge in [-0.05, 0) is 43.5 Å². The van der Waals surface area contributed by atoms with E-state index in [-0.39, 0.29) is 16.8 Å². The molecule has 0 bridgehead atoms. The summed E-state index contributed by atoms with van der Waals surface area (Å²) in [4.78, 5) is 4.80. The first-order valence-electron chi connectivity index (χ1n) is 7.71. The lowest BCUT2D eigenvalue weighted by Crippen LogP contribution is -2.56. The Balaban J connectivity index is 1.90. The SMILES string of the molecule is CC(C)(N)C(C)(C)CN1CCN(c2ccc(F)cc2)CC1. The third-order valence-corrected chi connectivity index (χ3v) is 4.93. The van der Waals surface area contributed by atoms with E-state index in [1.165, 1.54) is 12.1 Å². The standard InChI is InChI=1S/C17H28FN3/c1-16(2,17(3,4)19)13-20-9-11-21(12-10-20)15-7-5-14(18)6-8-15/h5-8H,9-13,19H2,1-4H3. The second-order valence-electron chi connectivity index (χ2n) is 7.35. The third kappa shape index (κ3) is 3.95. The van der Waals surface area contributed by atoms with E-state index >= 15 is 0 Å². The van der Waals surface area contributed by atoms with Gasteiger partial charge in [-0.15, -0.1) is 0 Å². The van der Waals surface area contributed by atoms with Crippen molar-refractivity contribution in [2.75, 3.05) is 37.6 Å². The Kier molecular flexibility index (Phi) is 4.59. The van der Waals surface area contributed by atoms with Crippen LogP contribution in [0.25, 0.3) is 0 Å². The Hall–Kier alpha value is -1.13. The van der Waals surface area contributed by atoms with Crippen LogP contribution in [0.4, 0.5) is 10.1 Å². The minimum absolute atomic E-state index is 0.0744. The first-order chi connectivity index (χ1) is 9.69. The molecule has 118 valence electrons. The van der Waals surface area contributed by atoms with Gasteiger partial charge < -0.3 is 10.6 Å². The maximum Gasteiger partial charge on any atom is 0.123 e. The summed E-state index contributed by atoms with van der Waals surface area (Å²) < 4.78 is 13.0. The summed E-state index contributed by atoms with van der Waals surface area (Å²) in [6.07, 6.45) is 0. The molecule has 1 aromatic rings. The molecule has 1 aromatic carbocycles. The fraction of sp³-hybridized carbons (Fsp3) is 0.647. The molecule has 0 amide bonds. The fourth-order valence-electron chi connectivity index (χ4n) is 2.58. The average Bonchev–Trinajstić information content (AvgIpc) is 2.39. The summed E-state index contributed by atoms with van der Waals surface area (Å²) in [5.41, 5.74) is 7.28. The van der Waals surface area contributed by atoms with Gasteiger partial charge in [0.25, 0.3) is 0 Å². The Labute approximate surface area is 127 Å². The van der Waals surface area contributed by atoms with Gasteiger partial charge in [-0.1, -0.05) is 13.8 Å². The van der Waals surface area contributed by atoms with E-state index < -0.39 is 0 Å². The number of nitrogens with two attached hydrogens (primary N) is 1. The molecule has 3 nitrogen and oxygen atoms in total. The monoisotopic (exact) mass is 293 g/mol. The number of halogens is 1. The number of rotatable bonds is 4. The van der Waals surface area contributed by atoms with E-state index in [1.807, 2.05) is 12.1 Å². The number of hydrogen-bond acceptors (Lipinski definition) is 3. The van der Waals surface area contributed by atoms with Gasteiger partial charge in [0.15, 0.2) is 0 Å². The molecule has 0 aromatic heterocycles. The van der Waals surface area contributed by atoms with Gasteiger partial charge in [0.1, 0.15) is 5.82 Å². The van der Waals surface area contributed by atoms with Crippen molar-refractivity contribution in [2.24, 2.45) is 11.1 Å². The van der Waals surface area contributed by atoms with Crippen LogP contribution in [0.1, 0.15) is 27.7 Å². The van der Waals surface area contributed by atoms with Crippen LogP contribution in [-0.2, 0) is 0 Å². The summed E-state index contributed by atoms with van der Waals surface area (Å²) in [5, 5.41) is 0. The van der Waals surface area contributed by atoms with E-state index in [0.717, 1.165) is 38.4 Å². The smallest absolute Gasteiger partial charge is 0.123 e. The Morgan fingerprint density at radius 1 is 1.00 bits per heavy atom. The Bertz CT molecular complexity index is 454. The zero-order valence-corrected chi connectivity index (χ0v) is 13.7. The number of piperazine rings is 1. The molecule has 2 rings (SSSR count). The van der Waals surface area contributed by atoms with Crippen LogP contribution in [0.5, 0.6) is 0 Å². The molecule has 1 heterocycles. The molecule has 4 heteroatoms. The largest absolute Gasteiger partial charge is 0.369 e. The van der Waals surface area contributed by atoms with Gasteiger partial charge in [0.05, 0.1) is 0 Å². The molecule has 0 unspecified atom stereocenters. The molecule has 0 spiro atoms. The molecule has 0 aliphatic carbocycles. The van der Waals surface area contributed by atoms with E-state index in [9.17, 15) is 4.39 Å². The van der Waals surface area contributed by atoms with Crippen molar-refractivity contribution < 1.29 is 4.39 Å². The fourth-order valence-corrected chi connectivity index (χ4v) is 2.58. The first kappa shape index (κ1) is 16.2. The minimum Gasteiger partial charge on any atom is -0.369 e. The van der Waals surface area contributed by atoms with Crippen LogP contribution >= 0.6 is 0 Å². The highest BCUT2D eigenvalue weighted by Crippen LogP contribution is 2.30. The van der Waals surface area contributed by atoms with Crippen molar-refractivity contribution in [2.45, 2.75) is 33.2 Å². The van der Waals surface area contributed by atoms with Crippen LogP contribution in [0.2, 0.25) is 0 Å². The van der Waals surface area contributed by atoms with Crippen molar-refractivity contribution in [3.63, 3.8) is 0 Å². The van der Waals surface area contributed by atoms with Crippen LogP contribution in [-0.4, -0.2) is 43.2 Å². The molecule has 2 N–H and O–H groups in total. The third-order valence-electron chi connectivity index (χ3n) is 4.93. The zero-order chi connectivity index (χ0) is 15.7.